The van der Waals surface area contributed by atoms with Gasteiger partial charge >= 0.3 is 5.97 Å². The van der Waals surface area contributed by atoms with Gasteiger partial charge in [-0.2, -0.15) is 11.8 Å². The van der Waals surface area contributed by atoms with Crippen molar-refractivity contribution in [1.29, 1.82) is 0 Å². The summed E-state index contributed by atoms with van der Waals surface area (Å²) in [7, 11) is 0. The maximum atomic E-state index is 14.5. The summed E-state index contributed by atoms with van der Waals surface area (Å²) < 4.78 is 0. The molecule has 1 heterocycles. The lowest BCUT2D eigenvalue weighted by Gasteiger charge is -2.31. The number of primary amides is 1. The quantitative estimate of drug-likeness (QED) is 0.0500. The molecular weight excluding hydrogens is 1010 g/mol. The number of nitrogens with two attached hydrogens (primary N) is 2. The van der Waals surface area contributed by atoms with Gasteiger partial charge in [0, 0.05) is 19.4 Å². The van der Waals surface area contributed by atoms with Crippen LogP contribution < -0.4 is 48.7 Å². The zero-order chi connectivity index (χ0) is 57.5. The Kier molecular flexibility index (Phi) is 27.1. The second kappa shape index (κ2) is 32.2. The van der Waals surface area contributed by atoms with Gasteiger partial charge in [-0.25, -0.2) is 4.79 Å². The number of carbonyl (C=O) groups is 10. The van der Waals surface area contributed by atoms with E-state index < -0.39 is 125 Å². The molecule has 22 heteroatoms. The van der Waals surface area contributed by atoms with E-state index in [1.807, 2.05) is 64.3 Å². The van der Waals surface area contributed by atoms with E-state index >= 15 is 0 Å². The number of hydrogen-bond donors (Lipinski definition) is 10. The standard InChI is InChI=1S/C55H84N10O11S/c1-31(2)27-40(51(71)63-45(33(5)6)53(73)64-46(34(7)8)55(75)76)60-49(69)39(24-26-77-9)58-50(70)41(30-36-19-14-11-15-20-36)61-48(68)38(22-23-44(57)66)59-52(72)43-21-16-25-65(43)54(74)42(28-32(3)4)62-47(67)37(56)29-35-17-12-10-13-18-35/h10-15,17-20,31-34,37-43,45-46H,16,21-30,56H2,1-9H3,(H2,57,66)(H,58,70)(H,59,72)(H,60,69)(H,61,68)(H,62,67)(H,63,71)(H,64,73)(H,75,76)/t37-,38-,39-,40-,41-,42-,43-,45-,46-/m0/s1. The Balaban J connectivity index is 1.88. The van der Waals surface area contributed by atoms with E-state index in [0.29, 0.717) is 17.7 Å². The predicted molar refractivity (Wildman–Crippen MR) is 294 cm³/mol. The minimum absolute atomic E-state index is 0.0352. The number of rotatable bonds is 32. The summed E-state index contributed by atoms with van der Waals surface area (Å²) in [5.41, 5.74) is 13.3. The van der Waals surface area contributed by atoms with Crippen LogP contribution in [0.1, 0.15) is 111 Å². The average Bonchev–Trinajstić information content (AvgIpc) is 3.86. The van der Waals surface area contributed by atoms with Crippen LogP contribution in [0.25, 0.3) is 0 Å². The fourth-order valence-electron chi connectivity index (χ4n) is 8.89. The van der Waals surface area contributed by atoms with Crippen LogP contribution in [0.3, 0.4) is 0 Å². The number of carboxylic acid groups (broad SMARTS) is 1. The van der Waals surface area contributed by atoms with Gasteiger partial charge in [0.15, 0.2) is 0 Å². The van der Waals surface area contributed by atoms with E-state index in [2.05, 4.69) is 37.2 Å². The van der Waals surface area contributed by atoms with Crippen molar-refractivity contribution in [3.05, 3.63) is 71.8 Å². The third-order valence-corrected chi connectivity index (χ3v) is 13.7. The number of hydrogen-bond acceptors (Lipinski definition) is 12. The molecule has 0 radical (unpaired) electrons. The molecule has 2 aromatic carbocycles. The Bertz CT molecular complexity index is 2300. The summed E-state index contributed by atoms with van der Waals surface area (Å²) in [4.78, 5) is 138. The van der Waals surface area contributed by atoms with Crippen molar-refractivity contribution in [2.45, 2.75) is 168 Å². The molecule has 426 valence electrons. The van der Waals surface area contributed by atoms with Gasteiger partial charge in [0.1, 0.15) is 48.3 Å². The molecule has 0 spiro atoms. The minimum Gasteiger partial charge on any atom is -0.480 e. The third kappa shape index (κ3) is 21.8. The van der Waals surface area contributed by atoms with Gasteiger partial charge in [0.2, 0.25) is 53.2 Å². The van der Waals surface area contributed by atoms with E-state index in [1.54, 1.807) is 58.0 Å². The lowest BCUT2D eigenvalue weighted by Crippen LogP contribution is -2.61. The van der Waals surface area contributed by atoms with Crippen LogP contribution in [0.4, 0.5) is 0 Å². The molecule has 0 bridgehead atoms. The van der Waals surface area contributed by atoms with Crippen molar-refractivity contribution >= 4 is 70.9 Å². The molecule has 21 nitrogen and oxygen atoms in total. The summed E-state index contributed by atoms with van der Waals surface area (Å²) in [5, 5.41) is 28.7. The van der Waals surface area contributed by atoms with Crippen molar-refractivity contribution < 1.29 is 53.1 Å². The Morgan fingerprint density at radius 3 is 1.57 bits per heavy atom. The zero-order valence-corrected chi connectivity index (χ0v) is 46.9. The molecule has 3 rings (SSSR count). The molecule has 0 aromatic heterocycles. The molecular formula is C55H84N10O11S. The van der Waals surface area contributed by atoms with E-state index in [4.69, 9.17) is 11.5 Å². The molecule has 1 fully saturated rings. The molecule has 9 amide bonds. The molecule has 9 atom stereocenters. The van der Waals surface area contributed by atoms with Gasteiger partial charge in [0.25, 0.3) is 0 Å². The maximum absolute atomic E-state index is 14.5. The summed E-state index contributed by atoms with van der Waals surface area (Å²) in [6.45, 7) is 14.3. The lowest BCUT2D eigenvalue weighted by atomic mass is 9.98. The molecule has 1 saturated heterocycles. The van der Waals surface area contributed by atoms with Crippen LogP contribution in [-0.4, -0.2) is 142 Å². The van der Waals surface area contributed by atoms with Crippen molar-refractivity contribution in [2.75, 3.05) is 18.6 Å². The largest absolute Gasteiger partial charge is 0.480 e. The number of thioether (sulfide) groups is 1. The highest BCUT2D eigenvalue weighted by atomic mass is 32.2. The molecule has 1 aliphatic heterocycles. The number of carbonyl (C=O) groups excluding carboxylic acids is 9. The molecule has 0 aliphatic carbocycles. The maximum Gasteiger partial charge on any atom is 0.326 e. The SMILES string of the molecule is CSCC[C@H](NC(=O)[C@H](Cc1ccccc1)NC(=O)[C@H](CCC(N)=O)NC(=O)[C@@H]1CCCN1C(=O)[C@H](CC(C)C)NC(=O)[C@@H](N)Cc1ccccc1)C(=O)N[C@@H](CC(C)C)C(=O)N[C@H](C(=O)N[C@H](C(=O)O)C(C)C)C(C)C. The van der Waals surface area contributed by atoms with Crippen molar-refractivity contribution in [1.82, 2.24) is 42.1 Å². The molecule has 2 aromatic rings. The number of nitrogens with one attached hydrogen (secondary N) is 7. The molecule has 0 saturated carbocycles. The first-order chi connectivity index (χ1) is 36.3. The molecule has 77 heavy (non-hydrogen) atoms. The molecule has 12 N–H and O–H groups in total. The van der Waals surface area contributed by atoms with Gasteiger partial charge in [-0.1, -0.05) is 116 Å². The van der Waals surface area contributed by atoms with E-state index in [9.17, 15) is 53.1 Å². The van der Waals surface area contributed by atoms with Crippen molar-refractivity contribution in [2.24, 2.45) is 35.1 Å². The monoisotopic (exact) mass is 1090 g/mol. The van der Waals surface area contributed by atoms with E-state index in [-0.39, 0.29) is 69.7 Å². The highest BCUT2D eigenvalue weighted by Crippen LogP contribution is 2.22. The van der Waals surface area contributed by atoms with Crippen LogP contribution in [0, 0.1) is 23.7 Å². The van der Waals surface area contributed by atoms with Gasteiger partial charge in [-0.3, -0.25) is 43.2 Å². The van der Waals surface area contributed by atoms with Crippen molar-refractivity contribution in [3.8, 4) is 0 Å². The van der Waals surface area contributed by atoms with Crippen LogP contribution in [0.15, 0.2) is 60.7 Å². The second-order valence-corrected chi connectivity index (χ2v) is 22.3. The number of benzene rings is 2. The highest BCUT2D eigenvalue weighted by Gasteiger charge is 2.41. The Morgan fingerprint density at radius 1 is 0.584 bits per heavy atom. The van der Waals surface area contributed by atoms with Gasteiger partial charge in [0.05, 0.1) is 6.04 Å². The number of carboxylic acids is 1. The van der Waals surface area contributed by atoms with Gasteiger partial charge in [-0.05, 0) is 91.8 Å². The second-order valence-electron chi connectivity index (χ2n) is 21.3. The fraction of sp³-hybridized carbons (Fsp3) is 0.600. The van der Waals surface area contributed by atoms with E-state index in [1.165, 1.54) is 16.7 Å². The van der Waals surface area contributed by atoms with Crippen LogP contribution in [0.2, 0.25) is 0 Å². The first-order valence-corrected chi connectivity index (χ1v) is 28.0. The Labute approximate surface area is 457 Å². The lowest BCUT2D eigenvalue weighted by molar-refractivity contribution is -0.144. The number of amides is 9. The van der Waals surface area contributed by atoms with Crippen LogP contribution >= 0.6 is 11.8 Å². The topological polar surface area (TPSA) is 330 Å². The van der Waals surface area contributed by atoms with E-state index in [0.717, 1.165) is 5.56 Å². The smallest absolute Gasteiger partial charge is 0.326 e. The summed E-state index contributed by atoms with van der Waals surface area (Å²) in [5.74, 6) is -8.19. The summed E-state index contributed by atoms with van der Waals surface area (Å²) >= 11 is 1.40. The number of likely N-dealkylation sites (tertiary alicyclic amines) is 1. The zero-order valence-electron chi connectivity index (χ0n) is 46.1. The normalized spacial score (nSPS) is 16.5. The van der Waals surface area contributed by atoms with Crippen LogP contribution in [0.5, 0.6) is 0 Å². The minimum atomic E-state index is -1.43. The van der Waals surface area contributed by atoms with Gasteiger partial charge < -0.3 is 58.7 Å². The highest BCUT2D eigenvalue weighted by molar-refractivity contribution is 7.98. The fourth-order valence-corrected chi connectivity index (χ4v) is 9.36. The Hall–Kier alpha value is -6.55. The van der Waals surface area contributed by atoms with Crippen molar-refractivity contribution in [3.63, 3.8) is 0 Å². The first-order valence-electron chi connectivity index (χ1n) is 26.6. The summed E-state index contributed by atoms with van der Waals surface area (Å²) in [6, 6.07) is 7.33. The first kappa shape index (κ1) is 64.7. The molecule has 0 unspecified atom stereocenters. The number of aliphatic carboxylic acids is 1. The Morgan fingerprint density at radius 2 is 1.05 bits per heavy atom. The van der Waals surface area contributed by atoms with Gasteiger partial charge in [-0.15, -0.1) is 0 Å². The van der Waals surface area contributed by atoms with Crippen LogP contribution in [-0.2, 0) is 60.8 Å². The molecule has 1 aliphatic rings. The predicted octanol–water partition coefficient (Wildman–Crippen LogP) is 1.69. The third-order valence-electron chi connectivity index (χ3n) is 13.1. The average molecular weight is 1090 g/mol. The summed E-state index contributed by atoms with van der Waals surface area (Å²) in [6.07, 6.45) is 2.52. The number of nitrogens with zero attached hydrogens (tertiary/aromatic N) is 1.